The summed E-state index contributed by atoms with van der Waals surface area (Å²) < 4.78 is 18.2. The molecular formula is C16H13BFNO4. The lowest BCUT2D eigenvalue weighted by molar-refractivity contribution is -0.119. The van der Waals surface area contributed by atoms with Gasteiger partial charge in [-0.15, -0.1) is 0 Å². The molecule has 1 heterocycles. The normalized spacial score (nSPS) is 11.3. The molecule has 7 heteroatoms. The van der Waals surface area contributed by atoms with Crippen molar-refractivity contribution in [1.82, 2.24) is 5.32 Å². The Morgan fingerprint density at radius 3 is 2.57 bits per heavy atom. The van der Waals surface area contributed by atoms with E-state index in [0.717, 1.165) is 11.6 Å². The molecule has 0 aliphatic heterocycles. The van der Waals surface area contributed by atoms with Gasteiger partial charge in [0.05, 0.1) is 7.85 Å². The molecule has 0 aliphatic rings. The average Bonchev–Trinajstić information content (AvgIpc) is 2.98. The second kappa shape index (κ2) is 7.44. The van der Waals surface area contributed by atoms with Crippen LogP contribution in [0.5, 0.6) is 0 Å². The van der Waals surface area contributed by atoms with E-state index in [2.05, 4.69) is 5.32 Å². The highest BCUT2D eigenvalue weighted by atomic mass is 19.1. The quantitative estimate of drug-likeness (QED) is 0.369. The highest BCUT2D eigenvalue weighted by molar-refractivity contribution is 6.12. The molecule has 0 atom stereocenters. The maximum absolute atomic E-state index is 12.8. The Kier molecular flexibility index (Phi) is 5.35. The monoisotopic (exact) mass is 313 g/mol. The van der Waals surface area contributed by atoms with E-state index in [1.807, 2.05) is 0 Å². The van der Waals surface area contributed by atoms with Gasteiger partial charge in [0.25, 0.3) is 5.91 Å². The number of amides is 1. The van der Waals surface area contributed by atoms with Gasteiger partial charge in [-0.25, -0.2) is 4.39 Å². The fraction of sp³-hybridized carbons (Fsp3) is 0.125. The highest BCUT2D eigenvalue weighted by Crippen LogP contribution is 2.15. The SMILES string of the molecule is [B]CNC(=O)/C(O)=C/C(=O)c1ccc(Cc2ccc(F)cc2)o1. The number of benzene rings is 1. The zero-order valence-corrected chi connectivity index (χ0v) is 12.1. The third kappa shape index (κ3) is 4.57. The molecule has 1 aromatic heterocycles. The first kappa shape index (κ1) is 16.5. The van der Waals surface area contributed by atoms with Gasteiger partial charge in [-0.05, 0) is 36.3 Å². The molecule has 5 nitrogen and oxygen atoms in total. The summed E-state index contributed by atoms with van der Waals surface area (Å²) in [5.41, 5.74) is 0.820. The number of allylic oxidation sites excluding steroid dienone is 1. The first-order valence-corrected chi connectivity index (χ1v) is 6.76. The number of ketones is 1. The van der Waals surface area contributed by atoms with Gasteiger partial charge in [0, 0.05) is 12.5 Å². The topological polar surface area (TPSA) is 79.5 Å². The Balaban J connectivity index is 2.06. The van der Waals surface area contributed by atoms with E-state index in [1.165, 1.54) is 18.2 Å². The smallest absolute Gasteiger partial charge is 0.285 e. The summed E-state index contributed by atoms with van der Waals surface area (Å²) in [6.45, 7) is 0. The summed E-state index contributed by atoms with van der Waals surface area (Å²) in [6.07, 6.45) is 0.982. The van der Waals surface area contributed by atoms with Crippen LogP contribution in [0.3, 0.4) is 0 Å². The molecule has 2 N–H and O–H groups in total. The molecule has 116 valence electrons. The van der Waals surface area contributed by atoms with Crippen molar-refractivity contribution in [2.24, 2.45) is 0 Å². The number of aliphatic hydroxyl groups is 1. The van der Waals surface area contributed by atoms with Gasteiger partial charge in [-0.2, -0.15) is 0 Å². The lowest BCUT2D eigenvalue weighted by atomic mass is 10.1. The number of hydrogen-bond acceptors (Lipinski definition) is 4. The molecule has 2 aromatic rings. The van der Waals surface area contributed by atoms with Gasteiger partial charge in [0.2, 0.25) is 5.78 Å². The summed E-state index contributed by atoms with van der Waals surface area (Å²) in [7, 11) is 5.10. The van der Waals surface area contributed by atoms with Crippen LogP contribution in [-0.4, -0.2) is 31.1 Å². The van der Waals surface area contributed by atoms with Crippen molar-refractivity contribution in [3.05, 3.63) is 71.1 Å². The van der Waals surface area contributed by atoms with Crippen molar-refractivity contribution in [2.45, 2.75) is 6.42 Å². The minimum absolute atomic E-state index is 0.0192. The molecule has 1 amide bonds. The largest absolute Gasteiger partial charge is 0.503 e. The van der Waals surface area contributed by atoms with Crippen LogP contribution in [0.25, 0.3) is 0 Å². The van der Waals surface area contributed by atoms with Gasteiger partial charge in [0.15, 0.2) is 11.5 Å². The van der Waals surface area contributed by atoms with E-state index in [9.17, 15) is 19.1 Å². The molecule has 0 saturated carbocycles. The third-order valence-electron chi connectivity index (χ3n) is 2.96. The highest BCUT2D eigenvalue weighted by Gasteiger charge is 2.13. The maximum atomic E-state index is 12.8. The van der Waals surface area contributed by atoms with E-state index < -0.39 is 17.4 Å². The van der Waals surface area contributed by atoms with Crippen molar-refractivity contribution in [3.63, 3.8) is 0 Å². The van der Waals surface area contributed by atoms with Crippen molar-refractivity contribution < 1.29 is 23.5 Å². The summed E-state index contributed by atoms with van der Waals surface area (Å²) in [4.78, 5) is 23.1. The standard InChI is InChI=1S/C16H13BFNO4/c17-9-19-16(22)14(21)8-13(20)15-6-5-12(23-15)7-10-1-3-11(18)4-2-10/h1-6,8,21H,7,9H2,(H,19,22)/b14-8-. The molecule has 2 radical (unpaired) electrons. The molecule has 0 bridgehead atoms. The van der Waals surface area contributed by atoms with E-state index in [4.69, 9.17) is 12.3 Å². The zero-order valence-electron chi connectivity index (χ0n) is 12.1. The van der Waals surface area contributed by atoms with Crippen molar-refractivity contribution >= 4 is 19.5 Å². The molecule has 0 saturated heterocycles. The van der Waals surface area contributed by atoms with Crippen LogP contribution in [0.4, 0.5) is 4.39 Å². The number of nitrogens with one attached hydrogen (secondary N) is 1. The predicted molar refractivity (Wildman–Crippen MR) is 81.7 cm³/mol. The molecule has 0 aliphatic carbocycles. The number of halogens is 1. The Bertz CT molecular complexity index is 737. The second-order valence-electron chi connectivity index (χ2n) is 4.67. The first-order chi connectivity index (χ1) is 11.0. The van der Waals surface area contributed by atoms with Crippen LogP contribution in [0, 0.1) is 5.82 Å². The Morgan fingerprint density at radius 1 is 1.22 bits per heavy atom. The Labute approximate surface area is 133 Å². The van der Waals surface area contributed by atoms with Crippen molar-refractivity contribution in [2.75, 3.05) is 6.44 Å². The Morgan fingerprint density at radius 2 is 1.91 bits per heavy atom. The molecule has 1 aromatic carbocycles. The average molecular weight is 313 g/mol. The molecule has 0 spiro atoms. The lowest BCUT2D eigenvalue weighted by Crippen LogP contribution is -2.26. The number of furan rings is 1. The van der Waals surface area contributed by atoms with E-state index >= 15 is 0 Å². The van der Waals surface area contributed by atoms with Crippen molar-refractivity contribution in [1.29, 1.82) is 0 Å². The minimum Gasteiger partial charge on any atom is -0.503 e. The number of aliphatic hydroxyl groups excluding tert-OH is 1. The zero-order chi connectivity index (χ0) is 16.8. The summed E-state index contributed by atoms with van der Waals surface area (Å²) in [5.74, 6) is -2.11. The summed E-state index contributed by atoms with van der Waals surface area (Å²) in [5, 5.41) is 11.6. The molecular weight excluding hydrogens is 300 g/mol. The van der Waals surface area contributed by atoms with Crippen LogP contribution in [-0.2, 0) is 11.2 Å². The fourth-order valence-electron chi connectivity index (χ4n) is 1.85. The predicted octanol–water partition coefficient (Wildman–Crippen LogP) is 1.88. The molecule has 23 heavy (non-hydrogen) atoms. The maximum Gasteiger partial charge on any atom is 0.285 e. The summed E-state index contributed by atoms with van der Waals surface area (Å²) >= 11 is 0. The van der Waals surface area contributed by atoms with Gasteiger partial charge in [-0.3, -0.25) is 9.59 Å². The molecule has 0 fully saturated rings. The fourth-order valence-corrected chi connectivity index (χ4v) is 1.85. The Hall–Kier alpha value is -2.83. The van der Waals surface area contributed by atoms with E-state index in [1.54, 1.807) is 18.2 Å². The van der Waals surface area contributed by atoms with Gasteiger partial charge >= 0.3 is 0 Å². The number of carbonyl (C=O) groups is 2. The summed E-state index contributed by atoms with van der Waals surface area (Å²) in [6, 6.07) is 8.93. The van der Waals surface area contributed by atoms with E-state index in [-0.39, 0.29) is 18.0 Å². The number of hydrogen-bond donors (Lipinski definition) is 2. The molecule has 2 rings (SSSR count). The first-order valence-electron chi connectivity index (χ1n) is 6.76. The van der Waals surface area contributed by atoms with E-state index in [0.29, 0.717) is 12.2 Å². The van der Waals surface area contributed by atoms with Crippen LogP contribution < -0.4 is 5.32 Å². The van der Waals surface area contributed by atoms with Gasteiger partial charge in [-0.1, -0.05) is 12.1 Å². The van der Waals surface area contributed by atoms with Crippen LogP contribution in [0.1, 0.15) is 21.9 Å². The van der Waals surface area contributed by atoms with Crippen LogP contribution in [0.15, 0.2) is 52.7 Å². The van der Waals surface area contributed by atoms with Gasteiger partial charge < -0.3 is 14.8 Å². The third-order valence-corrected chi connectivity index (χ3v) is 2.96. The van der Waals surface area contributed by atoms with Crippen molar-refractivity contribution in [3.8, 4) is 0 Å². The van der Waals surface area contributed by atoms with Crippen LogP contribution >= 0.6 is 0 Å². The van der Waals surface area contributed by atoms with Crippen LogP contribution in [0.2, 0.25) is 0 Å². The number of carbonyl (C=O) groups excluding carboxylic acids is 2. The lowest BCUT2D eigenvalue weighted by Gasteiger charge is -2.00. The van der Waals surface area contributed by atoms with Gasteiger partial charge in [0.1, 0.15) is 11.6 Å². The minimum atomic E-state index is -0.848. The number of rotatable bonds is 6. The second-order valence-corrected chi connectivity index (χ2v) is 4.67. The molecule has 0 unspecified atom stereocenters.